The first-order valence-corrected chi connectivity index (χ1v) is 4.09. The van der Waals surface area contributed by atoms with Crippen LogP contribution < -0.4 is 0 Å². The number of alkyl halides is 12. The number of hydrogen-bond donors (Lipinski definition) is 0. The Morgan fingerprint density at radius 1 is 0.333 bits per heavy atom. The molecule has 0 aliphatic rings. The second-order valence-electron chi connectivity index (χ2n) is 2.83. The quantitative estimate of drug-likeness (QED) is 0.266. The summed E-state index contributed by atoms with van der Waals surface area (Å²) >= 11 is 0. The molecule has 0 atom stereocenters. The third-order valence-corrected chi connectivity index (χ3v) is 0.923. The van der Waals surface area contributed by atoms with Crippen LogP contribution in [0.3, 0.4) is 0 Å². The Morgan fingerprint density at radius 2 is 0.429 bits per heavy atom. The molecule has 0 spiro atoms. The van der Waals surface area contributed by atoms with Gasteiger partial charge in [-0.2, -0.15) is 52.7 Å². The van der Waals surface area contributed by atoms with Gasteiger partial charge in [-0.25, -0.2) is 0 Å². The molecule has 0 saturated heterocycles. The fourth-order valence-electron chi connectivity index (χ4n) is 0.378. The Bertz CT molecular complexity index is 259. The third kappa shape index (κ3) is 31.8. The van der Waals surface area contributed by atoms with Crippen molar-refractivity contribution in [3.8, 4) is 0 Å². The molecular weight excluding hydrogens is 583 g/mol. The van der Waals surface area contributed by atoms with Gasteiger partial charge in [0.1, 0.15) is 0 Å². The van der Waals surface area contributed by atoms with Gasteiger partial charge in [0, 0.05) is 24.3 Å². The molecule has 0 N–H and O–H groups in total. The van der Waals surface area contributed by atoms with Gasteiger partial charge in [-0.3, -0.25) is 0 Å². The number of halogens is 12. The van der Waals surface area contributed by atoms with Gasteiger partial charge in [-0.1, -0.05) is 0 Å². The van der Waals surface area contributed by atoms with Crippen LogP contribution in [0.1, 0.15) is 0 Å². The summed E-state index contributed by atoms with van der Waals surface area (Å²) in [6, 6.07) is 0. The third-order valence-electron chi connectivity index (χ3n) is 0.923. The summed E-state index contributed by atoms with van der Waals surface area (Å²) in [5.41, 5.74) is 0. The zero-order valence-corrected chi connectivity index (χ0v) is 11.3. The minimum absolute atomic E-state index is 0. The fraction of sp³-hybridized carbons (Fsp3) is 0.500. The van der Waals surface area contributed by atoms with Crippen LogP contribution >= 0.6 is 0 Å². The molecule has 13 heteroatoms. The van der Waals surface area contributed by atoms with E-state index in [4.69, 9.17) is 0 Å². The molecule has 0 unspecified atom stereocenters. The van der Waals surface area contributed by atoms with Crippen LogP contribution in [-0.4, -0.2) is 24.7 Å². The predicted molar refractivity (Wildman–Crippen MR) is 42.5 cm³/mol. The monoisotopic (exact) mass is 587 g/mol. The molecule has 0 radical (unpaired) electrons. The van der Waals surface area contributed by atoms with E-state index in [2.05, 4.69) is 0 Å². The molecule has 0 saturated carbocycles. The molecule has 0 aromatic rings. The average Bonchev–Trinajstić information content (AvgIpc) is 2.09. The molecule has 0 nitrogen and oxygen atoms in total. The molecule has 134 valence electrons. The van der Waals surface area contributed by atoms with Crippen LogP contribution in [0.2, 0.25) is 0 Å². The van der Waals surface area contributed by atoms with E-state index < -0.39 is 49.0 Å². The van der Waals surface area contributed by atoms with Crippen LogP contribution in [0.4, 0.5) is 52.7 Å². The summed E-state index contributed by atoms with van der Waals surface area (Å²) in [4.78, 5) is 0. The van der Waals surface area contributed by atoms with Crippen LogP contribution in [0.5, 0.6) is 0 Å². The van der Waals surface area contributed by atoms with Crippen molar-refractivity contribution in [3.05, 3.63) is 24.3 Å². The first-order chi connectivity index (χ1) is 8.41. The summed E-state index contributed by atoms with van der Waals surface area (Å²) in [5.74, 6) is 0. The van der Waals surface area contributed by atoms with Crippen molar-refractivity contribution in [2.45, 2.75) is 24.7 Å². The minimum Gasteiger partial charge on any atom is -0.167 e. The Kier molecular flexibility index (Phi) is 8.39. The smallest absolute Gasteiger partial charge is 0.167 e. The van der Waals surface area contributed by atoms with E-state index in [0.717, 1.165) is 0 Å². The summed E-state index contributed by atoms with van der Waals surface area (Å²) in [6.45, 7) is 0. The molecule has 0 heterocycles. The van der Waals surface area contributed by atoms with Gasteiger partial charge >= 0.3 is 24.7 Å². The van der Waals surface area contributed by atoms with Crippen molar-refractivity contribution in [2.24, 2.45) is 0 Å². The zero-order chi connectivity index (χ0) is 16.8. The Labute approximate surface area is 103 Å². The SMILES string of the molecule is FC(F)(F)/C=C\C(F)(F)F.FC(F)(F)C=CC(F)(F)F.[No]. The normalized spacial score (nSPS) is 13.9. The second-order valence-corrected chi connectivity index (χ2v) is 2.83. The van der Waals surface area contributed by atoms with Crippen LogP contribution in [0.15, 0.2) is 24.3 Å². The summed E-state index contributed by atoms with van der Waals surface area (Å²) < 4.78 is 132. The fourth-order valence-corrected chi connectivity index (χ4v) is 0.378. The van der Waals surface area contributed by atoms with Gasteiger partial charge < -0.3 is 0 Å². The Balaban J connectivity index is -0.000000295. The number of allylic oxidation sites excluding steroid dienone is 4. The largest absolute Gasteiger partial charge is 0.409 e. The van der Waals surface area contributed by atoms with Crippen LogP contribution in [0.25, 0.3) is 0 Å². The Hall–Kier alpha value is -2.36. The van der Waals surface area contributed by atoms with Crippen LogP contribution in [0, 0.1) is 0 Å². The first-order valence-electron chi connectivity index (χ1n) is 4.09. The number of rotatable bonds is 0. The van der Waals surface area contributed by atoms with Crippen molar-refractivity contribution in [1.82, 2.24) is 0 Å². The van der Waals surface area contributed by atoms with E-state index in [9.17, 15) is 52.7 Å². The van der Waals surface area contributed by atoms with Gasteiger partial charge in [0.25, 0.3) is 0 Å². The van der Waals surface area contributed by atoms with Gasteiger partial charge in [0.15, 0.2) is 0 Å². The molecular formula is C8H4F12No. The molecule has 21 heavy (non-hydrogen) atoms. The summed E-state index contributed by atoms with van der Waals surface area (Å²) in [7, 11) is 0. The van der Waals surface area contributed by atoms with Gasteiger partial charge in [-0.15, -0.1) is 0 Å². The van der Waals surface area contributed by atoms with E-state index in [1.165, 1.54) is 0 Å². The topological polar surface area (TPSA) is 0 Å². The molecule has 0 fully saturated rings. The minimum atomic E-state index is -4.89. The van der Waals surface area contributed by atoms with Crippen LogP contribution in [-0.2, 0) is 0 Å². The molecule has 0 aromatic heterocycles. The Morgan fingerprint density at radius 3 is 0.476 bits per heavy atom. The maximum atomic E-state index is 11.0. The van der Waals surface area contributed by atoms with Gasteiger partial charge in [0.05, 0.1) is 0 Å². The van der Waals surface area contributed by atoms with E-state index in [1.54, 1.807) is 0 Å². The van der Waals surface area contributed by atoms with Crippen molar-refractivity contribution >= 4 is 0 Å². The maximum absolute atomic E-state index is 11.0. The second kappa shape index (κ2) is 7.43. The first kappa shape index (κ1) is 23.7. The predicted octanol–water partition coefficient (Wildman–Crippen LogP) is 5.33. The maximum Gasteiger partial charge on any atom is 0.409 e. The molecule has 0 rings (SSSR count). The van der Waals surface area contributed by atoms with E-state index in [1.807, 2.05) is 0 Å². The molecule has 0 bridgehead atoms. The standard InChI is InChI=1S/2C4H2F6.No/c2*5-3(6,7)1-2-4(8,9)10;/h2*1-2H;/b2-1-;;. The number of hydrogen-bond acceptors (Lipinski definition) is 0. The summed E-state index contributed by atoms with van der Waals surface area (Å²) in [5, 5.41) is 0. The summed E-state index contributed by atoms with van der Waals surface area (Å²) in [6.07, 6.45) is -23.0. The van der Waals surface area contributed by atoms with E-state index >= 15 is 0 Å². The zero-order valence-electron chi connectivity index (χ0n) is 9.11. The van der Waals surface area contributed by atoms with E-state index in [0.29, 0.717) is 0 Å². The molecule has 0 aliphatic heterocycles. The average molecular weight is 587 g/mol. The van der Waals surface area contributed by atoms with Crippen molar-refractivity contribution < 1.29 is 52.7 Å². The molecule has 0 amide bonds. The van der Waals surface area contributed by atoms with Gasteiger partial charge in [0.2, 0.25) is 0 Å². The molecule has 0 aromatic carbocycles. The van der Waals surface area contributed by atoms with Gasteiger partial charge in [-0.05, 0) is 0 Å². The van der Waals surface area contributed by atoms with Crippen molar-refractivity contribution in [3.63, 3.8) is 0 Å². The molecule has 0 aliphatic carbocycles. The van der Waals surface area contributed by atoms with Crippen molar-refractivity contribution in [1.29, 1.82) is 0 Å². The van der Waals surface area contributed by atoms with Crippen molar-refractivity contribution in [2.75, 3.05) is 0 Å². The van der Waals surface area contributed by atoms with E-state index in [-0.39, 0.29) is 0 Å².